The van der Waals surface area contributed by atoms with Gasteiger partial charge in [0.25, 0.3) is 0 Å². The first-order valence-electron chi connectivity index (χ1n) is 32.5. The molecule has 9 aromatic rings. The van der Waals surface area contributed by atoms with E-state index < -0.39 is 19.4 Å². The van der Waals surface area contributed by atoms with E-state index in [4.69, 9.17) is 32.4 Å². The number of nitriles is 2. The summed E-state index contributed by atoms with van der Waals surface area (Å²) >= 11 is 8.34. The fourth-order valence-corrected chi connectivity index (χ4v) is 15.6. The number of aliphatic imine (C=N–C) groups is 1. The molecule has 0 saturated heterocycles. The van der Waals surface area contributed by atoms with Gasteiger partial charge >= 0.3 is 0 Å². The molecular weight excluding hydrogens is 1330 g/mol. The average molecular weight is 1410 g/mol. The average Bonchev–Trinajstić information content (AvgIpc) is 1.53. The summed E-state index contributed by atoms with van der Waals surface area (Å²) in [5, 5.41) is 20.8. The summed E-state index contributed by atoms with van der Waals surface area (Å²) in [6.07, 6.45) is 19.2. The van der Waals surface area contributed by atoms with Crippen molar-refractivity contribution in [3.8, 4) is 45.5 Å². The maximum atomic E-state index is 13.4. The molecule has 1 heterocycles. The highest BCUT2D eigenvalue weighted by molar-refractivity contribution is 14.1. The minimum absolute atomic E-state index is 0.185. The number of Topliss-reactive ketones (excluding diaryl/α,β-unsaturated/α-hetero) is 2. The van der Waals surface area contributed by atoms with E-state index >= 15 is 0 Å². The number of ketones is 2. The van der Waals surface area contributed by atoms with E-state index in [1.165, 1.54) is 25.8 Å². The van der Waals surface area contributed by atoms with Gasteiger partial charge in [0.2, 0.25) is 11.7 Å². The number of guanidine groups is 1. The molecule has 96 heavy (non-hydrogen) atoms. The van der Waals surface area contributed by atoms with Crippen molar-refractivity contribution in [3.63, 3.8) is 0 Å². The smallest absolute Gasteiger partial charge is 0.224 e. The second-order valence-corrected chi connectivity index (χ2v) is 33.0. The van der Waals surface area contributed by atoms with E-state index in [-0.39, 0.29) is 16.6 Å². The molecule has 6 aliphatic carbocycles. The number of fused-ring (bicyclic) bond motifs is 5. The van der Waals surface area contributed by atoms with Gasteiger partial charge < -0.3 is 5.73 Å². The molecule has 0 fully saturated rings. The van der Waals surface area contributed by atoms with E-state index in [9.17, 15) is 14.9 Å². The molecule has 7 aliphatic rings. The van der Waals surface area contributed by atoms with E-state index in [1.54, 1.807) is 11.1 Å². The minimum Gasteiger partial charge on any atom is -0.368 e. The highest BCUT2D eigenvalue weighted by atomic mass is 127. The molecular formula is C84H74ClIN6O3Si. The van der Waals surface area contributed by atoms with Crippen molar-refractivity contribution in [1.29, 1.82) is 10.5 Å². The summed E-state index contributed by atoms with van der Waals surface area (Å²) in [6, 6.07) is 77.5. The lowest BCUT2D eigenvalue weighted by atomic mass is 9.75. The Bertz CT molecular complexity index is 4710. The Hall–Kier alpha value is -9.56. The van der Waals surface area contributed by atoms with Crippen molar-refractivity contribution >= 4 is 65.8 Å². The molecule has 5 atom stereocenters. The van der Waals surface area contributed by atoms with Crippen LogP contribution in [0, 0.1) is 42.5 Å². The fraction of sp³-hybridized carbons (Fsp3) is 0.202. The van der Waals surface area contributed by atoms with Crippen LogP contribution in [0.5, 0.6) is 0 Å². The number of halogens is 2. The van der Waals surface area contributed by atoms with Crippen LogP contribution in [0.1, 0.15) is 103 Å². The maximum Gasteiger partial charge on any atom is 0.224 e. The van der Waals surface area contributed by atoms with E-state index in [0.29, 0.717) is 34.7 Å². The van der Waals surface area contributed by atoms with Gasteiger partial charge in [0, 0.05) is 55.0 Å². The van der Waals surface area contributed by atoms with Crippen LogP contribution in [0.4, 0.5) is 0 Å². The van der Waals surface area contributed by atoms with Crippen LogP contribution in [0.15, 0.2) is 271 Å². The van der Waals surface area contributed by atoms with Gasteiger partial charge in [-0.1, -0.05) is 200 Å². The molecule has 2 N–H and O–H groups in total. The number of benzene rings is 9. The number of hydroxylamine groups is 2. The number of carbonyl (C=O) groups is 2. The van der Waals surface area contributed by atoms with Crippen LogP contribution in [0.25, 0.3) is 33.4 Å². The van der Waals surface area contributed by atoms with Gasteiger partial charge in [0.15, 0.2) is 19.8 Å². The van der Waals surface area contributed by atoms with Crippen LogP contribution in [-0.4, -0.2) is 43.7 Å². The number of carbonyl (C=O) groups excluding carboxylic acids is 2. The van der Waals surface area contributed by atoms with Crippen LogP contribution >= 0.6 is 34.2 Å². The van der Waals surface area contributed by atoms with Gasteiger partial charge in [0.1, 0.15) is 0 Å². The van der Waals surface area contributed by atoms with E-state index in [2.05, 4.69) is 211 Å². The third kappa shape index (κ3) is 13.8. The van der Waals surface area contributed by atoms with Crippen molar-refractivity contribution in [3.05, 3.63) is 326 Å². The molecule has 16 rings (SSSR count). The second-order valence-electron chi connectivity index (χ2n) is 26.8. The minimum atomic E-state index is -1.21. The van der Waals surface area contributed by atoms with E-state index in [0.717, 1.165) is 106 Å². The Labute approximate surface area is 583 Å². The summed E-state index contributed by atoms with van der Waals surface area (Å²) in [4.78, 5) is 37.7. The summed E-state index contributed by atoms with van der Waals surface area (Å²) in [5.74, 6) is 4.07. The molecule has 4 spiro atoms. The molecule has 9 nitrogen and oxygen atoms in total. The Morgan fingerprint density at radius 2 is 1.09 bits per heavy atom. The van der Waals surface area contributed by atoms with Gasteiger partial charge in [-0.15, -0.1) is 0 Å². The molecule has 0 bridgehead atoms. The van der Waals surface area contributed by atoms with Crippen molar-refractivity contribution in [1.82, 2.24) is 5.06 Å². The van der Waals surface area contributed by atoms with Crippen LogP contribution in [0.3, 0.4) is 0 Å². The number of hydrogen-bond acceptors (Lipinski definition) is 9. The van der Waals surface area contributed by atoms with E-state index in [1.807, 2.05) is 116 Å². The topological polar surface area (TPSA) is 145 Å². The lowest BCUT2D eigenvalue weighted by Crippen LogP contribution is -2.41. The molecule has 9 aromatic carbocycles. The normalized spacial score (nSPS) is 21.3. The Morgan fingerprint density at radius 3 is 1.60 bits per heavy atom. The van der Waals surface area contributed by atoms with Gasteiger partial charge in [-0.25, -0.2) is 14.9 Å². The first-order chi connectivity index (χ1) is 46.3. The highest BCUT2D eigenvalue weighted by Crippen LogP contribution is 2.63. The predicted molar refractivity (Wildman–Crippen MR) is 399 cm³/mol. The summed E-state index contributed by atoms with van der Waals surface area (Å²) in [6.45, 7) is 9.82. The maximum absolute atomic E-state index is 13.4. The molecule has 5 unspecified atom stereocenters. The number of hydrogen-bond donors (Lipinski definition) is 1. The molecule has 476 valence electrons. The van der Waals surface area contributed by atoms with Gasteiger partial charge in [-0.3, -0.25) is 14.2 Å². The predicted octanol–water partition coefficient (Wildman–Crippen LogP) is 19.6. The Morgan fingerprint density at radius 1 is 0.594 bits per heavy atom. The molecule has 0 saturated carbocycles. The Balaban J connectivity index is 0.000000127. The number of nitrogens with two attached hydrogens (primary N) is 1. The molecule has 0 aromatic heterocycles. The lowest BCUT2D eigenvalue weighted by molar-refractivity contribution is -0.210. The Kier molecular flexibility index (Phi) is 19.4. The standard InChI is InChI=1S/C28H24N4O.C26H19NO.C19H15ClO.C6H5I.C5H11NSi/c1-32-26(30)31-28(33-32)25-15-22(21-9-5-6-19(14-21)18-29)10-11-24(25)17-27(28)13-12-23(16-27)20-7-3-2-4-8-20;27-17-18-5-4-8-20(13-18)21-9-10-23-16-26(25(28)24(23)14-21)12-11-22(15-26)19-6-2-1-3-7-19;20-16-5-3-4-13(10-16)14-6-7-15-12-19(8-1-2-9-19)18(21)17(15)11-14;7-6-4-2-1-3-5-6;1-5-6-7(2,3)4/h2-15,23H,16-17H2,1H3,(H2,30,31);1-14,22H,15-16H2;1-7,10-11H,8-9,12H2;1-5H;1H2,2-4H3. The van der Waals surface area contributed by atoms with Crippen molar-refractivity contribution in [2.45, 2.75) is 82.1 Å². The summed E-state index contributed by atoms with van der Waals surface area (Å²) in [7, 11) is 0.607. The fourth-order valence-electron chi connectivity index (χ4n) is 14.5. The zero-order valence-corrected chi connectivity index (χ0v) is 58.3. The lowest BCUT2D eigenvalue weighted by Gasteiger charge is -2.37. The third-order valence-electron chi connectivity index (χ3n) is 19.3. The first-order valence-corrected chi connectivity index (χ1v) is 37.4. The van der Waals surface area contributed by atoms with Gasteiger partial charge in [0.05, 0.1) is 28.7 Å². The third-order valence-corrected chi connectivity index (χ3v) is 21.0. The zero-order valence-electron chi connectivity index (χ0n) is 54.4. The molecule has 0 amide bonds. The molecule has 12 heteroatoms. The zero-order chi connectivity index (χ0) is 67.2. The molecule has 0 radical (unpaired) electrons. The summed E-state index contributed by atoms with van der Waals surface area (Å²) < 4.78 is 5.33. The number of allylic oxidation sites excluding steroid dienone is 5. The van der Waals surface area contributed by atoms with Crippen LogP contribution in [0.2, 0.25) is 24.7 Å². The monoisotopic (exact) mass is 1400 g/mol. The number of nitrogens with zero attached hydrogens (tertiary/aromatic N) is 5. The largest absolute Gasteiger partial charge is 0.368 e. The molecule has 1 aliphatic heterocycles. The van der Waals surface area contributed by atoms with Gasteiger partial charge in [-0.2, -0.15) is 10.5 Å². The van der Waals surface area contributed by atoms with Crippen molar-refractivity contribution < 1.29 is 14.4 Å². The van der Waals surface area contributed by atoms with Gasteiger partial charge in [-0.05, 0) is 228 Å². The highest BCUT2D eigenvalue weighted by Gasteiger charge is 2.63. The summed E-state index contributed by atoms with van der Waals surface area (Å²) in [5.41, 5.74) is 20.7. The first kappa shape index (κ1) is 66.5. The van der Waals surface area contributed by atoms with Crippen LogP contribution < -0.4 is 5.73 Å². The van der Waals surface area contributed by atoms with Crippen LogP contribution in [-0.2, 0) is 29.8 Å². The second kappa shape index (κ2) is 28.0. The quantitative estimate of drug-likeness (QED) is 0.0755. The SMILES string of the molecule is C=C=N[Si](C)(C)C.CN1OC2(N=C1N)c1cc(-c3cccc(C#N)c3)ccc1CC21C=CC(c2ccccc2)C1.Ic1ccccc1.N#Cc1cccc(-c2ccc3c(c2)C(=O)C2(C=CC(c4ccccc4)C2)C3)c1.O=C1c2cc(-c3cccc(Cl)c3)ccc2CC12CC=CC2. The van der Waals surface area contributed by atoms with Crippen molar-refractivity contribution in [2.75, 3.05) is 7.05 Å². The van der Waals surface area contributed by atoms with Crippen molar-refractivity contribution in [2.24, 2.45) is 31.6 Å². The number of rotatable bonds is 6.